The van der Waals surface area contributed by atoms with Gasteiger partial charge in [-0.3, -0.25) is 9.59 Å². The number of carbonyl (C=O) groups is 2. The molecule has 1 aliphatic carbocycles. The second-order valence-electron chi connectivity index (χ2n) is 10.5. The van der Waals surface area contributed by atoms with E-state index >= 15 is 0 Å². The molecule has 1 saturated carbocycles. The minimum absolute atomic E-state index is 0.0436. The van der Waals surface area contributed by atoms with Crippen molar-refractivity contribution in [2.45, 2.75) is 52.1 Å². The highest BCUT2D eigenvalue weighted by molar-refractivity contribution is 6.06. The summed E-state index contributed by atoms with van der Waals surface area (Å²) in [4.78, 5) is 23.7. The van der Waals surface area contributed by atoms with E-state index in [1.807, 2.05) is 50.2 Å². The quantitative estimate of drug-likeness (QED) is 0.260. The smallest absolute Gasteiger partial charge is 0.240 e. The van der Waals surface area contributed by atoms with Crippen LogP contribution in [0.1, 0.15) is 49.3 Å². The summed E-state index contributed by atoms with van der Waals surface area (Å²) in [6.45, 7) is 6.52. The van der Waals surface area contributed by atoms with Gasteiger partial charge in [0.05, 0.1) is 12.3 Å². The van der Waals surface area contributed by atoms with E-state index in [1.54, 1.807) is 0 Å². The predicted molar refractivity (Wildman–Crippen MR) is 151 cm³/mol. The number of rotatable bonds is 15. The SMILES string of the molecule is Cc1cc(CCOCC2CC2)ccc1OCC(O)CNCCC(=O)Nc1ccc(C2=NNC(=O)CC2C)cc1. The fourth-order valence-corrected chi connectivity index (χ4v) is 4.42. The largest absolute Gasteiger partial charge is 0.491 e. The Hall–Kier alpha value is -3.27. The van der Waals surface area contributed by atoms with Crippen LogP contribution in [-0.4, -0.2) is 61.6 Å². The first-order valence-corrected chi connectivity index (χ1v) is 13.8. The number of aliphatic hydroxyl groups excluding tert-OH is 1. The Morgan fingerprint density at radius 1 is 1.21 bits per heavy atom. The first-order valence-electron chi connectivity index (χ1n) is 13.8. The molecule has 2 aromatic rings. The Morgan fingerprint density at radius 2 is 2.00 bits per heavy atom. The van der Waals surface area contributed by atoms with Gasteiger partial charge < -0.3 is 25.2 Å². The van der Waals surface area contributed by atoms with Crippen LogP contribution < -0.4 is 20.8 Å². The Kier molecular flexibility index (Phi) is 10.5. The van der Waals surface area contributed by atoms with Gasteiger partial charge in [-0.15, -0.1) is 0 Å². The molecule has 2 unspecified atom stereocenters. The summed E-state index contributed by atoms with van der Waals surface area (Å²) in [5.41, 5.74) is 7.21. The molecule has 1 aliphatic heterocycles. The lowest BCUT2D eigenvalue weighted by molar-refractivity contribution is -0.122. The van der Waals surface area contributed by atoms with Gasteiger partial charge in [0.25, 0.3) is 0 Å². The lowest BCUT2D eigenvalue weighted by Crippen LogP contribution is -2.33. The zero-order valence-electron chi connectivity index (χ0n) is 22.9. The van der Waals surface area contributed by atoms with Crippen molar-refractivity contribution >= 4 is 23.2 Å². The van der Waals surface area contributed by atoms with Crippen LogP contribution >= 0.6 is 0 Å². The Balaban J connectivity index is 1.09. The van der Waals surface area contributed by atoms with Crippen molar-refractivity contribution in [3.63, 3.8) is 0 Å². The van der Waals surface area contributed by atoms with Gasteiger partial charge in [-0.25, -0.2) is 5.43 Å². The Morgan fingerprint density at radius 3 is 2.72 bits per heavy atom. The van der Waals surface area contributed by atoms with E-state index in [2.05, 4.69) is 27.2 Å². The Labute approximate surface area is 230 Å². The van der Waals surface area contributed by atoms with Crippen LogP contribution in [0.25, 0.3) is 0 Å². The summed E-state index contributed by atoms with van der Waals surface area (Å²) >= 11 is 0. The number of carbonyl (C=O) groups excluding carboxylic acids is 2. The van der Waals surface area contributed by atoms with E-state index in [0.29, 0.717) is 25.2 Å². The molecule has 4 rings (SSSR count). The molecular weight excluding hydrogens is 496 g/mol. The zero-order valence-corrected chi connectivity index (χ0v) is 22.9. The number of ether oxygens (including phenoxy) is 2. The average molecular weight is 537 g/mol. The van der Waals surface area contributed by atoms with Gasteiger partial charge in [0, 0.05) is 44.1 Å². The fraction of sp³-hybridized carbons (Fsp3) is 0.500. The minimum atomic E-state index is -0.689. The number of hydrogen-bond acceptors (Lipinski definition) is 7. The van der Waals surface area contributed by atoms with Gasteiger partial charge in [-0.1, -0.05) is 31.2 Å². The Bertz CT molecular complexity index is 1150. The summed E-state index contributed by atoms with van der Waals surface area (Å²) in [6.07, 6.45) is 3.49. The summed E-state index contributed by atoms with van der Waals surface area (Å²) < 4.78 is 11.5. The maximum Gasteiger partial charge on any atom is 0.240 e. The van der Waals surface area contributed by atoms with Gasteiger partial charge in [-0.2, -0.15) is 5.10 Å². The molecule has 0 spiro atoms. The van der Waals surface area contributed by atoms with Crippen molar-refractivity contribution in [2.24, 2.45) is 16.9 Å². The van der Waals surface area contributed by atoms with Crippen molar-refractivity contribution < 1.29 is 24.2 Å². The number of hydrazone groups is 1. The van der Waals surface area contributed by atoms with E-state index in [9.17, 15) is 14.7 Å². The van der Waals surface area contributed by atoms with E-state index < -0.39 is 6.10 Å². The second kappa shape index (κ2) is 14.2. The molecule has 1 heterocycles. The van der Waals surface area contributed by atoms with E-state index in [1.165, 1.54) is 18.4 Å². The third kappa shape index (κ3) is 9.45. The lowest BCUT2D eigenvalue weighted by atomic mass is 9.94. The molecule has 0 radical (unpaired) electrons. The summed E-state index contributed by atoms with van der Waals surface area (Å²) in [5.74, 6) is 1.39. The van der Waals surface area contributed by atoms with Crippen molar-refractivity contribution in [3.8, 4) is 5.75 Å². The zero-order chi connectivity index (χ0) is 27.6. The molecule has 2 aliphatic rings. The molecule has 0 aromatic heterocycles. The highest BCUT2D eigenvalue weighted by atomic mass is 16.5. The molecule has 2 atom stereocenters. The third-order valence-corrected chi connectivity index (χ3v) is 6.89. The highest BCUT2D eigenvalue weighted by Gasteiger charge is 2.22. The van der Waals surface area contributed by atoms with Gasteiger partial charge in [0.2, 0.25) is 11.8 Å². The molecule has 39 heavy (non-hydrogen) atoms. The molecule has 0 saturated heterocycles. The summed E-state index contributed by atoms with van der Waals surface area (Å²) in [6, 6.07) is 13.5. The summed E-state index contributed by atoms with van der Waals surface area (Å²) in [7, 11) is 0. The number of nitrogens with one attached hydrogen (secondary N) is 3. The molecule has 0 bridgehead atoms. The molecule has 1 fully saturated rings. The number of benzene rings is 2. The van der Waals surface area contributed by atoms with Crippen molar-refractivity contribution in [3.05, 3.63) is 59.2 Å². The van der Waals surface area contributed by atoms with Crippen LogP contribution in [-0.2, 0) is 20.7 Å². The average Bonchev–Trinajstić information content (AvgIpc) is 3.74. The van der Waals surface area contributed by atoms with Crippen molar-refractivity contribution in [1.82, 2.24) is 10.7 Å². The van der Waals surface area contributed by atoms with Crippen molar-refractivity contribution in [2.75, 3.05) is 38.2 Å². The number of anilines is 1. The minimum Gasteiger partial charge on any atom is -0.491 e. The number of aryl methyl sites for hydroxylation is 1. The van der Waals surface area contributed by atoms with Crippen molar-refractivity contribution in [1.29, 1.82) is 0 Å². The van der Waals surface area contributed by atoms with Gasteiger partial charge in [-0.05, 0) is 67.0 Å². The highest BCUT2D eigenvalue weighted by Crippen LogP contribution is 2.29. The topological polar surface area (TPSA) is 121 Å². The maximum atomic E-state index is 12.3. The number of nitrogens with zero attached hydrogens (tertiary/aromatic N) is 1. The molecule has 210 valence electrons. The summed E-state index contributed by atoms with van der Waals surface area (Å²) in [5, 5.41) is 20.4. The molecule has 4 N–H and O–H groups in total. The number of aliphatic hydroxyl groups is 1. The number of hydrogen-bond donors (Lipinski definition) is 4. The first kappa shape index (κ1) is 28.7. The van der Waals surface area contributed by atoms with Crippen LogP contribution in [0.15, 0.2) is 47.6 Å². The fourth-order valence-electron chi connectivity index (χ4n) is 4.42. The molecule has 2 amide bonds. The van der Waals surface area contributed by atoms with E-state index in [4.69, 9.17) is 9.47 Å². The normalized spacial score (nSPS) is 17.8. The van der Waals surface area contributed by atoms with Gasteiger partial charge in [0.1, 0.15) is 18.5 Å². The lowest BCUT2D eigenvalue weighted by Gasteiger charge is -2.19. The second-order valence-corrected chi connectivity index (χ2v) is 10.5. The molecular formula is C30H40N4O5. The molecule has 2 aromatic carbocycles. The van der Waals surface area contributed by atoms with E-state index in [0.717, 1.165) is 48.1 Å². The van der Waals surface area contributed by atoms with Crippen LogP contribution in [0.4, 0.5) is 5.69 Å². The van der Waals surface area contributed by atoms with Crippen LogP contribution in [0.5, 0.6) is 5.75 Å². The molecule has 9 nitrogen and oxygen atoms in total. The predicted octanol–water partition coefficient (Wildman–Crippen LogP) is 3.18. The molecule has 9 heteroatoms. The van der Waals surface area contributed by atoms with Crippen LogP contribution in [0.3, 0.4) is 0 Å². The van der Waals surface area contributed by atoms with Crippen LogP contribution in [0, 0.1) is 18.8 Å². The van der Waals surface area contributed by atoms with Crippen LogP contribution in [0.2, 0.25) is 0 Å². The first-order chi connectivity index (χ1) is 18.9. The third-order valence-electron chi connectivity index (χ3n) is 6.89. The number of amides is 2. The standard InChI is InChI=1S/C30H40N4O5/c1-20-15-22(12-14-38-18-23-3-4-23)5-10-27(20)39-19-26(35)17-31-13-11-28(36)32-25-8-6-24(7-9-25)30-21(2)16-29(37)33-34-30/h5-10,15,21,23,26,31,35H,3-4,11-14,16-19H2,1-2H3,(H,32,36)(H,33,37). The van der Waals surface area contributed by atoms with E-state index in [-0.39, 0.29) is 30.8 Å². The van der Waals surface area contributed by atoms with Gasteiger partial charge in [0.15, 0.2) is 0 Å². The maximum absolute atomic E-state index is 12.3. The van der Waals surface area contributed by atoms with Gasteiger partial charge >= 0.3 is 0 Å². The monoisotopic (exact) mass is 536 g/mol.